The Morgan fingerprint density at radius 1 is 0.686 bits per heavy atom. The number of hydrogen-bond donors (Lipinski definition) is 0. The lowest BCUT2D eigenvalue weighted by Crippen LogP contribution is -2.42. The van der Waals surface area contributed by atoms with Crippen molar-refractivity contribution >= 4 is 27.6 Å². The minimum absolute atomic E-state index is 0.00277. The maximum Gasteiger partial charge on any atom is 0.147 e. The van der Waals surface area contributed by atoms with Crippen LogP contribution < -0.4 is 0 Å². The molecule has 0 amide bonds. The molecule has 1 aliphatic carbocycles. The quantitative estimate of drug-likeness (QED) is 0.258. The normalized spacial score (nSPS) is 19.1. The van der Waals surface area contributed by atoms with Gasteiger partial charge in [-0.15, -0.1) is 0 Å². The van der Waals surface area contributed by atoms with Gasteiger partial charge in [-0.2, -0.15) is 0 Å². The summed E-state index contributed by atoms with van der Waals surface area (Å²) in [5, 5.41) is 1.14. The van der Waals surface area contributed by atoms with Gasteiger partial charge in [-0.25, -0.2) is 4.98 Å². The van der Waals surface area contributed by atoms with Crippen molar-refractivity contribution in [1.82, 2.24) is 14.4 Å². The van der Waals surface area contributed by atoms with Gasteiger partial charge in [0.15, 0.2) is 0 Å². The number of aromatic nitrogens is 3. The summed E-state index contributed by atoms with van der Waals surface area (Å²) in [5.41, 5.74) is 11.1. The molecule has 0 saturated heterocycles. The van der Waals surface area contributed by atoms with Crippen LogP contribution in [-0.2, 0) is 21.7 Å². The molecule has 35 heavy (non-hydrogen) atoms. The smallest absolute Gasteiger partial charge is 0.147 e. The Kier molecular flexibility index (Phi) is 4.62. The van der Waals surface area contributed by atoms with Crippen LogP contribution in [-0.4, -0.2) is 14.4 Å². The van der Waals surface area contributed by atoms with Crippen LogP contribution in [0.4, 0.5) is 0 Å². The number of pyridine rings is 2. The molecule has 0 saturated carbocycles. The van der Waals surface area contributed by atoms with Crippen molar-refractivity contribution in [2.75, 3.05) is 0 Å². The van der Waals surface area contributed by atoms with Crippen molar-refractivity contribution in [2.24, 2.45) is 5.41 Å². The topological polar surface area (TPSA) is 30.2 Å². The molecule has 0 bridgehead atoms. The summed E-state index contributed by atoms with van der Waals surface area (Å²) in [6, 6.07) is 9.45. The van der Waals surface area contributed by atoms with Gasteiger partial charge in [0.1, 0.15) is 5.65 Å². The van der Waals surface area contributed by atoms with Gasteiger partial charge in [0, 0.05) is 27.6 Å². The molecular formula is C32H43N3. The van der Waals surface area contributed by atoms with Crippen molar-refractivity contribution < 1.29 is 0 Å². The highest BCUT2D eigenvalue weighted by Gasteiger charge is 2.57. The van der Waals surface area contributed by atoms with Crippen LogP contribution in [0.15, 0.2) is 24.3 Å². The van der Waals surface area contributed by atoms with Gasteiger partial charge in [-0.1, -0.05) is 83.1 Å². The molecule has 0 N–H and O–H groups in total. The summed E-state index contributed by atoms with van der Waals surface area (Å²) >= 11 is 0. The molecule has 186 valence electrons. The number of fused-ring (bicyclic) bond motifs is 6. The van der Waals surface area contributed by atoms with E-state index in [4.69, 9.17) is 9.97 Å². The van der Waals surface area contributed by atoms with Gasteiger partial charge in [-0.05, 0) is 64.1 Å². The highest BCUT2D eigenvalue weighted by atomic mass is 15.0. The van der Waals surface area contributed by atoms with Gasteiger partial charge in [-0.3, -0.25) is 9.38 Å². The Bertz CT molecular complexity index is 1530. The first kappa shape index (κ1) is 24.3. The van der Waals surface area contributed by atoms with E-state index in [-0.39, 0.29) is 27.1 Å². The second-order valence-corrected chi connectivity index (χ2v) is 14.6. The lowest BCUT2D eigenvalue weighted by atomic mass is 9.59. The fourth-order valence-electron chi connectivity index (χ4n) is 6.46. The molecule has 0 spiro atoms. The monoisotopic (exact) mass is 469 g/mol. The van der Waals surface area contributed by atoms with Crippen molar-refractivity contribution in [2.45, 2.75) is 112 Å². The van der Waals surface area contributed by atoms with Crippen molar-refractivity contribution in [1.29, 1.82) is 0 Å². The van der Waals surface area contributed by atoms with Crippen LogP contribution >= 0.6 is 0 Å². The van der Waals surface area contributed by atoms with Crippen molar-refractivity contribution in [3.05, 3.63) is 52.3 Å². The molecule has 0 aliphatic heterocycles. The molecule has 0 fully saturated rings. The SMILES string of the molecule is Cc1cc2c(cc(C(C)(C)C)n3c4cc5c(cc4nc23)C(C)(C)C(C)(C)C5(C)C)nc1C(C)(C)C. The first-order valence-electron chi connectivity index (χ1n) is 13.1. The van der Waals surface area contributed by atoms with E-state index >= 15 is 0 Å². The van der Waals surface area contributed by atoms with Gasteiger partial charge < -0.3 is 0 Å². The van der Waals surface area contributed by atoms with Crippen LogP contribution in [0.1, 0.15) is 111 Å². The average Bonchev–Trinajstić information content (AvgIpc) is 3.12. The first-order valence-corrected chi connectivity index (χ1v) is 13.1. The summed E-state index contributed by atoms with van der Waals surface area (Å²) in [6.45, 7) is 30.3. The molecule has 4 aromatic rings. The molecule has 1 aromatic carbocycles. The molecule has 3 heteroatoms. The zero-order valence-corrected chi connectivity index (χ0v) is 24.2. The standard InChI is InChI=1S/C32H43N3/c1-18-14-19-22(33-26(18)29(5,6)7)17-25(28(2,3)4)35-24-16-21-20(15-23(24)34-27(19)35)30(8,9)32(12,13)31(21,10)11/h14-17H,1-13H3. The Labute approximate surface area is 211 Å². The van der Waals surface area contributed by atoms with E-state index in [1.165, 1.54) is 27.9 Å². The van der Waals surface area contributed by atoms with E-state index in [9.17, 15) is 0 Å². The lowest BCUT2D eigenvalue weighted by Gasteiger charge is -2.44. The Morgan fingerprint density at radius 3 is 1.80 bits per heavy atom. The van der Waals surface area contributed by atoms with E-state index in [0.717, 1.165) is 27.8 Å². The van der Waals surface area contributed by atoms with Gasteiger partial charge in [0.05, 0.1) is 16.6 Å². The summed E-state index contributed by atoms with van der Waals surface area (Å²) in [7, 11) is 0. The van der Waals surface area contributed by atoms with Crippen molar-refractivity contribution in [3.63, 3.8) is 0 Å². The maximum atomic E-state index is 5.31. The number of hydrogen-bond acceptors (Lipinski definition) is 2. The van der Waals surface area contributed by atoms with E-state index in [2.05, 4.69) is 119 Å². The van der Waals surface area contributed by atoms with Gasteiger partial charge >= 0.3 is 0 Å². The Morgan fingerprint density at radius 2 is 1.26 bits per heavy atom. The van der Waals surface area contributed by atoms with Crippen LogP contribution in [0.2, 0.25) is 0 Å². The number of imidazole rings is 1. The summed E-state index contributed by atoms with van der Waals surface area (Å²) in [4.78, 5) is 10.5. The molecule has 3 heterocycles. The first-order chi connectivity index (χ1) is 15.8. The summed E-state index contributed by atoms with van der Waals surface area (Å²) < 4.78 is 2.42. The van der Waals surface area contributed by atoms with Crippen LogP contribution in [0.25, 0.3) is 27.6 Å². The van der Waals surface area contributed by atoms with Gasteiger partial charge in [0.2, 0.25) is 0 Å². The number of aryl methyl sites for hydroxylation is 1. The second-order valence-electron chi connectivity index (χ2n) is 14.6. The third kappa shape index (κ3) is 3.02. The second kappa shape index (κ2) is 6.66. The van der Waals surface area contributed by atoms with E-state index in [1.54, 1.807) is 0 Å². The third-order valence-electron chi connectivity index (χ3n) is 9.74. The Balaban J connectivity index is 1.97. The van der Waals surface area contributed by atoms with Crippen molar-refractivity contribution in [3.8, 4) is 0 Å². The highest BCUT2D eigenvalue weighted by molar-refractivity contribution is 5.98. The molecule has 3 nitrogen and oxygen atoms in total. The molecule has 0 unspecified atom stereocenters. The molecular weight excluding hydrogens is 426 g/mol. The predicted molar refractivity (Wildman–Crippen MR) is 150 cm³/mol. The molecule has 0 radical (unpaired) electrons. The largest absolute Gasteiger partial charge is 0.295 e. The van der Waals surface area contributed by atoms with Crippen LogP contribution in [0, 0.1) is 12.3 Å². The van der Waals surface area contributed by atoms with E-state index < -0.39 is 0 Å². The fraction of sp³-hybridized carbons (Fsp3) is 0.562. The third-order valence-corrected chi connectivity index (χ3v) is 9.74. The van der Waals surface area contributed by atoms with Crippen LogP contribution in [0.3, 0.4) is 0 Å². The minimum Gasteiger partial charge on any atom is -0.295 e. The predicted octanol–water partition coefficient (Wildman–Crippen LogP) is 8.53. The van der Waals surface area contributed by atoms with E-state index in [0.29, 0.717) is 0 Å². The highest BCUT2D eigenvalue weighted by Crippen LogP contribution is 2.62. The molecule has 3 aromatic heterocycles. The maximum absolute atomic E-state index is 5.31. The molecule has 0 atom stereocenters. The summed E-state index contributed by atoms with van der Waals surface area (Å²) in [6.07, 6.45) is 0. The molecule has 5 rings (SSSR count). The number of rotatable bonds is 0. The number of nitrogens with zero attached hydrogens (tertiary/aromatic N) is 3. The van der Waals surface area contributed by atoms with Crippen LogP contribution in [0.5, 0.6) is 0 Å². The van der Waals surface area contributed by atoms with Gasteiger partial charge in [0.25, 0.3) is 0 Å². The average molecular weight is 470 g/mol. The minimum atomic E-state index is -0.0540. The molecule has 1 aliphatic rings. The number of benzene rings is 1. The van der Waals surface area contributed by atoms with E-state index in [1.807, 2.05) is 0 Å². The zero-order valence-electron chi connectivity index (χ0n) is 24.2. The zero-order chi connectivity index (χ0) is 26.1. The fourth-order valence-corrected chi connectivity index (χ4v) is 6.46. The Hall–Kier alpha value is -2.42. The summed E-state index contributed by atoms with van der Waals surface area (Å²) in [5.74, 6) is 0. The lowest BCUT2D eigenvalue weighted by molar-refractivity contribution is 0.125.